The molecule has 2 N–H and O–H groups in total. The Labute approximate surface area is 130 Å². The summed E-state index contributed by atoms with van der Waals surface area (Å²) >= 11 is 0. The standard InChI is InChI=1S/C18H20N2O2/c1-22-17-10-6-5-9-14(17)11-15-18(21)19-12-16(20-15)13-7-3-2-4-8-13/h2-10,15-16,20H,11-12H2,1H3,(H,19,21)/t15-,16-/m1/s1. The molecule has 1 aliphatic heterocycles. The van der Waals surface area contributed by atoms with E-state index in [2.05, 4.69) is 22.8 Å². The molecule has 2 aromatic rings. The molecule has 1 fully saturated rings. The van der Waals surface area contributed by atoms with Crippen molar-refractivity contribution in [2.75, 3.05) is 13.7 Å². The van der Waals surface area contributed by atoms with Gasteiger partial charge in [-0.2, -0.15) is 0 Å². The lowest BCUT2D eigenvalue weighted by atomic mass is 9.98. The molecule has 0 saturated carbocycles. The van der Waals surface area contributed by atoms with Gasteiger partial charge >= 0.3 is 0 Å². The van der Waals surface area contributed by atoms with Gasteiger partial charge in [0.05, 0.1) is 19.2 Å². The Morgan fingerprint density at radius 2 is 1.82 bits per heavy atom. The zero-order chi connectivity index (χ0) is 15.4. The van der Waals surface area contributed by atoms with Crippen LogP contribution in [0, 0.1) is 0 Å². The van der Waals surface area contributed by atoms with Crippen LogP contribution in [-0.2, 0) is 11.2 Å². The van der Waals surface area contributed by atoms with Crippen LogP contribution in [0.1, 0.15) is 17.2 Å². The van der Waals surface area contributed by atoms with Gasteiger partial charge in [-0.3, -0.25) is 10.1 Å². The second-order valence-electron chi connectivity index (χ2n) is 5.44. The lowest BCUT2D eigenvalue weighted by molar-refractivity contribution is -0.125. The molecule has 1 saturated heterocycles. The van der Waals surface area contributed by atoms with Crippen LogP contribution >= 0.6 is 0 Å². The van der Waals surface area contributed by atoms with Gasteiger partial charge in [0.25, 0.3) is 0 Å². The SMILES string of the molecule is COc1ccccc1C[C@H]1N[C@@H](c2ccccc2)CNC1=O. The average molecular weight is 296 g/mol. The summed E-state index contributed by atoms with van der Waals surface area (Å²) < 4.78 is 5.37. The number of methoxy groups -OCH3 is 1. The smallest absolute Gasteiger partial charge is 0.237 e. The zero-order valence-electron chi connectivity index (χ0n) is 12.6. The Balaban J connectivity index is 1.76. The lowest BCUT2D eigenvalue weighted by Crippen LogP contribution is -2.55. The molecule has 2 atom stereocenters. The molecule has 3 rings (SSSR count). The van der Waals surface area contributed by atoms with Gasteiger partial charge in [-0.15, -0.1) is 0 Å². The van der Waals surface area contributed by atoms with Crippen LogP contribution in [0.4, 0.5) is 0 Å². The van der Waals surface area contributed by atoms with Crippen LogP contribution in [0.15, 0.2) is 54.6 Å². The first-order valence-corrected chi connectivity index (χ1v) is 7.48. The number of hydrogen-bond donors (Lipinski definition) is 2. The van der Waals surface area contributed by atoms with Crippen molar-refractivity contribution in [1.82, 2.24) is 10.6 Å². The van der Waals surface area contributed by atoms with E-state index in [0.717, 1.165) is 11.3 Å². The number of benzene rings is 2. The fourth-order valence-electron chi connectivity index (χ4n) is 2.85. The highest BCUT2D eigenvalue weighted by Crippen LogP contribution is 2.22. The van der Waals surface area contributed by atoms with E-state index in [9.17, 15) is 4.79 Å². The third kappa shape index (κ3) is 3.12. The quantitative estimate of drug-likeness (QED) is 0.908. The second-order valence-corrected chi connectivity index (χ2v) is 5.44. The van der Waals surface area contributed by atoms with Crippen LogP contribution in [0.3, 0.4) is 0 Å². The summed E-state index contributed by atoms with van der Waals surface area (Å²) in [5.74, 6) is 0.858. The van der Waals surface area contributed by atoms with Crippen molar-refractivity contribution in [2.45, 2.75) is 18.5 Å². The topological polar surface area (TPSA) is 50.4 Å². The van der Waals surface area contributed by atoms with E-state index >= 15 is 0 Å². The summed E-state index contributed by atoms with van der Waals surface area (Å²) in [7, 11) is 1.65. The van der Waals surface area contributed by atoms with E-state index in [1.807, 2.05) is 42.5 Å². The molecule has 0 radical (unpaired) electrons. The fourth-order valence-corrected chi connectivity index (χ4v) is 2.85. The van der Waals surface area contributed by atoms with Crippen molar-refractivity contribution in [3.05, 3.63) is 65.7 Å². The van der Waals surface area contributed by atoms with E-state index in [4.69, 9.17) is 4.74 Å². The predicted molar refractivity (Wildman–Crippen MR) is 85.8 cm³/mol. The number of carbonyl (C=O) groups is 1. The fraction of sp³-hybridized carbons (Fsp3) is 0.278. The third-order valence-electron chi connectivity index (χ3n) is 4.02. The molecule has 1 heterocycles. The molecule has 1 amide bonds. The van der Waals surface area contributed by atoms with Crippen molar-refractivity contribution in [2.24, 2.45) is 0 Å². The van der Waals surface area contributed by atoms with Gasteiger partial charge in [-0.25, -0.2) is 0 Å². The molecule has 0 aliphatic carbocycles. The molecule has 0 unspecified atom stereocenters. The van der Waals surface area contributed by atoms with E-state index in [0.29, 0.717) is 13.0 Å². The minimum Gasteiger partial charge on any atom is -0.496 e. The summed E-state index contributed by atoms with van der Waals surface area (Å²) in [6.45, 7) is 0.616. The van der Waals surface area contributed by atoms with Gasteiger partial charge in [-0.1, -0.05) is 48.5 Å². The van der Waals surface area contributed by atoms with Crippen LogP contribution in [0.25, 0.3) is 0 Å². The first-order chi connectivity index (χ1) is 10.8. The summed E-state index contributed by atoms with van der Waals surface area (Å²) in [5.41, 5.74) is 2.22. The molecule has 4 heteroatoms. The van der Waals surface area contributed by atoms with E-state index in [1.165, 1.54) is 5.56 Å². The molecule has 114 valence electrons. The number of ether oxygens (including phenoxy) is 1. The van der Waals surface area contributed by atoms with Gasteiger partial charge in [0.15, 0.2) is 0 Å². The predicted octanol–water partition coefficient (Wildman–Crippen LogP) is 2.07. The number of hydrogen-bond acceptors (Lipinski definition) is 3. The van der Waals surface area contributed by atoms with Crippen molar-refractivity contribution in [3.8, 4) is 5.75 Å². The first kappa shape index (κ1) is 14.6. The Hall–Kier alpha value is -2.33. The second kappa shape index (κ2) is 6.62. The summed E-state index contributed by atoms with van der Waals surface area (Å²) in [4.78, 5) is 12.2. The van der Waals surface area contributed by atoms with Crippen LogP contribution in [0.5, 0.6) is 5.75 Å². The van der Waals surface area contributed by atoms with E-state index in [-0.39, 0.29) is 18.0 Å². The minimum atomic E-state index is -0.254. The molecule has 2 aromatic carbocycles. The van der Waals surface area contributed by atoms with Crippen molar-refractivity contribution < 1.29 is 9.53 Å². The maximum atomic E-state index is 12.2. The van der Waals surface area contributed by atoms with Gasteiger partial charge in [-0.05, 0) is 17.2 Å². The summed E-state index contributed by atoms with van der Waals surface area (Å²) in [6, 6.07) is 17.9. The highest BCUT2D eigenvalue weighted by Gasteiger charge is 2.29. The maximum absolute atomic E-state index is 12.2. The molecule has 0 bridgehead atoms. The molecule has 0 aromatic heterocycles. The number of carbonyl (C=O) groups excluding carboxylic acids is 1. The van der Waals surface area contributed by atoms with Crippen molar-refractivity contribution >= 4 is 5.91 Å². The number of piperazine rings is 1. The van der Waals surface area contributed by atoms with Gasteiger partial charge in [0.2, 0.25) is 5.91 Å². The summed E-state index contributed by atoms with van der Waals surface area (Å²) in [6.07, 6.45) is 0.610. The van der Waals surface area contributed by atoms with E-state index in [1.54, 1.807) is 7.11 Å². The highest BCUT2D eigenvalue weighted by molar-refractivity contribution is 5.83. The Bertz CT molecular complexity index is 643. The van der Waals surface area contributed by atoms with Gasteiger partial charge < -0.3 is 10.1 Å². The van der Waals surface area contributed by atoms with E-state index < -0.39 is 0 Å². The number of amides is 1. The zero-order valence-corrected chi connectivity index (χ0v) is 12.6. The Morgan fingerprint density at radius 1 is 1.09 bits per heavy atom. The molecular formula is C18H20N2O2. The minimum absolute atomic E-state index is 0.0399. The van der Waals surface area contributed by atoms with Crippen molar-refractivity contribution in [3.63, 3.8) is 0 Å². The van der Waals surface area contributed by atoms with Gasteiger partial charge in [0, 0.05) is 13.0 Å². The first-order valence-electron chi connectivity index (χ1n) is 7.48. The highest BCUT2D eigenvalue weighted by atomic mass is 16.5. The monoisotopic (exact) mass is 296 g/mol. The van der Waals surface area contributed by atoms with Gasteiger partial charge in [0.1, 0.15) is 5.75 Å². The molecule has 0 spiro atoms. The third-order valence-corrected chi connectivity index (χ3v) is 4.02. The Kier molecular flexibility index (Phi) is 4.39. The molecule has 4 nitrogen and oxygen atoms in total. The normalized spacial score (nSPS) is 21.2. The van der Waals surface area contributed by atoms with Crippen molar-refractivity contribution in [1.29, 1.82) is 0 Å². The largest absolute Gasteiger partial charge is 0.496 e. The number of rotatable bonds is 4. The lowest BCUT2D eigenvalue weighted by Gasteiger charge is -2.31. The van der Waals surface area contributed by atoms with Crippen LogP contribution in [-0.4, -0.2) is 25.6 Å². The average Bonchev–Trinajstić information content (AvgIpc) is 2.58. The summed E-state index contributed by atoms with van der Waals surface area (Å²) in [5, 5.41) is 6.45. The van der Waals surface area contributed by atoms with Crippen LogP contribution < -0.4 is 15.4 Å². The molecule has 1 aliphatic rings. The maximum Gasteiger partial charge on any atom is 0.237 e. The number of para-hydroxylation sites is 1. The molecule has 22 heavy (non-hydrogen) atoms. The molecular weight excluding hydrogens is 276 g/mol. The number of nitrogens with one attached hydrogen (secondary N) is 2. The van der Waals surface area contributed by atoms with Crippen LogP contribution in [0.2, 0.25) is 0 Å². The Morgan fingerprint density at radius 3 is 2.59 bits per heavy atom.